The van der Waals surface area contributed by atoms with Crippen molar-refractivity contribution < 1.29 is 14.3 Å². The Morgan fingerprint density at radius 3 is 2.90 bits per heavy atom. The Hall–Kier alpha value is -2.49. The molecule has 3 rings (SSSR count). The number of benzene rings is 2. The van der Waals surface area contributed by atoms with Gasteiger partial charge >= 0.3 is 0 Å². The second kappa shape index (κ2) is 5.25. The third kappa shape index (κ3) is 2.45. The number of nitrogens with one attached hydrogen (secondary N) is 1. The summed E-state index contributed by atoms with van der Waals surface area (Å²) in [6.45, 7) is 2.68. The Morgan fingerprint density at radius 1 is 1.20 bits per heavy atom. The van der Waals surface area contributed by atoms with Crippen molar-refractivity contribution >= 4 is 5.91 Å². The fraction of sp³-hybridized carbons (Fsp3) is 0.188. The van der Waals surface area contributed by atoms with E-state index in [0.717, 1.165) is 5.56 Å². The molecule has 20 heavy (non-hydrogen) atoms. The number of aryl methyl sites for hydroxylation is 1. The molecule has 2 aromatic carbocycles. The van der Waals surface area contributed by atoms with E-state index in [1.807, 2.05) is 25.1 Å². The summed E-state index contributed by atoms with van der Waals surface area (Å²) in [5.74, 6) is 0.983. The predicted molar refractivity (Wildman–Crippen MR) is 74.9 cm³/mol. The predicted octanol–water partition coefficient (Wildman–Crippen LogP) is 2.65. The number of fused-ring (bicyclic) bond motifs is 1. The molecule has 4 heteroatoms. The van der Waals surface area contributed by atoms with E-state index in [1.165, 1.54) is 5.56 Å². The molecule has 0 aromatic heterocycles. The maximum Gasteiger partial charge on any atom is 0.255 e. The summed E-state index contributed by atoms with van der Waals surface area (Å²) in [7, 11) is 0. The smallest absolute Gasteiger partial charge is 0.255 e. The maximum absolute atomic E-state index is 12.2. The van der Waals surface area contributed by atoms with Gasteiger partial charge in [-0.3, -0.25) is 4.79 Å². The van der Waals surface area contributed by atoms with Crippen LogP contribution in [0.5, 0.6) is 11.5 Å². The van der Waals surface area contributed by atoms with Crippen molar-refractivity contribution in [3.63, 3.8) is 0 Å². The zero-order valence-corrected chi connectivity index (χ0v) is 11.2. The fourth-order valence-corrected chi connectivity index (χ4v) is 2.21. The third-order valence-electron chi connectivity index (χ3n) is 3.18. The number of hydrogen-bond acceptors (Lipinski definition) is 3. The van der Waals surface area contributed by atoms with E-state index in [1.54, 1.807) is 18.2 Å². The minimum absolute atomic E-state index is 0.158. The third-order valence-corrected chi connectivity index (χ3v) is 3.18. The van der Waals surface area contributed by atoms with Gasteiger partial charge in [0, 0.05) is 6.54 Å². The van der Waals surface area contributed by atoms with Crippen molar-refractivity contribution in [3.8, 4) is 11.5 Å². The molecule has 0 unspecified atom stereocenters. The highest BCUT2D eigenvalue weighted by molar-refractivity contribution is 5.97. The topological polar surface area (TPSA) is 47.6 Å². The van der Waals surface area contributed by atoms with Crippen LogP contribution in [0.3, 0.4) is 0 Å². The monoisotopic (exact) mass is 269 g/mol. The molecule has 1 N–H and O–H groups in total. The van der Waals surface area contributed by atoms with Gasteiger partial charge in [-0.25, -0.2) is 0 Å². The van der Waals surface area contributed by atoms with Gasteiger partial charge in [0.15, 0.2) is 11.5 Å². The van der Waals surface area contributed by atoms with Gasteiger partial charge in [-0.05, 0) is 24.6 Å². The lowest BCUT2D eigenvalue weighted by atomic mass is 10.1. The van der Waals surface area contributed by atoms with Crippen molar-refractivity contribution in [2.45, 2.75) is 13.5 Å². The number of carbonyl (C=O) groups excluding carboxylic acids is 1. The minimum Gasteiger partial charge on any atom is -0.454 e. The van der Waals surface area contributed by atoms with Gasteiger partial charge in [0.05, 0.1) is 5.56 Å². The molecular weight excluding hydrogens is 254 g/mol. The van der Waals surface area contributed by atoms with Gasteiger partial charge < -0.3 is 14.8 Å². The van der Waals surface area contributed by atoms with Crippen molar-refractivity contribution in [1.29, 1.82) is 0 Å². The molecule has 0 bridgehead atoms. The zero-order chi connectivity index (χ0) is 13.9. The minimum atomic E-state index is -0.158. The normalized spacial score (nSPS) is 12.2. The Morgan fingerprint density at radius 2 is 2.05 bits per heavy atom. The van der Waals surface area contributed by atoms with Crippen LogP contribution >= 0.6 is 0 Å². The van der Waals surface area contributed by atoms with Gasteiger partial charge in [-0.2, -0.15) is 0 Å². The summed E-state index contributed by atoms with van der Waals surface area (Å²) >= 11 is 0. The maximum atomic E-state index is 12.2. The van der Waals surface area contributed by atoms with Crippen LogP contribution in [-0.2, 0) is 6.54 Å². The molecule has 1 heterocycles. The summed E-state index contributed by atoms with van der Waals surface area (Å²) in [5, 5.41) is 2.90. The molecular formula is C16H15NO3. The van der Waals surface area contributed by atoms with Crippen LogP contribution in [-0.4, -0.2) is 12.7 Å². The lowest BCUT2D eigenvalue weighted by molar-refractivity contribution is 0.0946. The highest BCUT2D eigenvalue weighted by Gasteiger charge is 2.21. The molecule has 0 saturated carbocycles. The highest BCUT2D eigenvalue weighted by Crippen LogP contribution is 2.35. The molecule has 0 aliphatic carbocycles. The van der Waals surface area contributed by atoms with Crippen molar-refractivity contribution in [2.24, 2.45) is 0 Å². The SMILES string of the molecule is Cc1cccc(CNC(=O)c2cccc3c2OCO3)c1. The first-order valence-electron chi connectivity index (χ1n) is 6.46. The number of para-hydroxylation sites is 1. The summed E-state index contributed by atoms with van der Waals surface area (Å²) in [6, 6.07) is 13.4. The Kier molecular flexibility index (Phi) is 3.29. The first kappa shape index (κ1) is 12.5. The number of amides is 1. The molecule has 1 aliphatic heterocycles. The molecule has 4 nitrogen and oxygen atoms in total. The van der Waals surface area contributed by atoms with Crippen LogP contribution in [0, 0.1) is 6.92 Å². The van der Waals surface area contributed by atoms with Crippen molar-refractivity contribution in [2.75, 3.05) is 6.79 Å². The largest absolute Gasteiger partial charge is 0.454 e. The lowest BCUT2D eigenvalue weighted by Gasteiger charge is -2.08. The van der Waals surface area contributed by atoms with Gasteiger partial charge in [-0.1, -0.05) is 35.9 Å². The first-order valence-corrected chi connectivity index (χ1v) is 6.46. The van der Waals surface area contributed by atoms with Gasteiger partial charge in [0.2, 0.25) is 6.79 Å². The Bertz CT molecular complexity index is 652. The number of carbonyl (C=O) groups is 1. The van der Waals surface area contributed by atoms with E-state index >= 15 is 0 Å². The average Bonchev–Trinajstić information content (AvgIpc) is 2.93. The van der Waals surface area contributed by atoms with Crippen LogP contribution in [0.1, 0.15) is 21.5 Å². The first-order chi connectivity index (χ1) is 9.74. The van der Waals surface area contributed by atoms with E-state index < -0.39 is 0 Å². The molecule has 0 radical (unpaired) electrons. The van der Waals surface area contributed by atoms with E-state index in [4.69, 9.17) is 9.47 Å². The van der Waals surface area contributed by atoms with Gasteiger partial charge in [-0.15, -0.1) is 0 Å². The van der Waals surface area contributed by atoms with Crippen molar-refractivity contribution in [1.82, 2.24) is 5.32 Å². The zero-order valence-electron chi connectivity index (χ0n) is 11.2. The van der Waals surface area contributed by atoms with Crippen LogP contribution in [0.2, 0.25) is 0 Å². The van der Waals surface area contributed by atoms with Crippen LogP contribution < -0.4 is 14.8 Å². The molecule has 2 aromatic rings. The second-order valence-electron chi connectivity index (χ2n) is 4.71. The van der Waals surface area contributed by atoms with Crippen LogP contribution in [0.15, 0.2) is 42.5 Å². The van der Waals surface area contributed by atoms with E-state index in [0.29, 0.717) is 23.6 Å². The summed E-state index contributed by atoms with van der Waals surface area (Å²) < 4.78 is 10.6. The Balaban J connectivity index is 1.73. The fourth-order valence-electron chi connectivity index (χ4n) is 2.21. The van der Waals surface area contributed by atoms with Gasteiger partial charge in [0.1, 0.15) is 0 Å². The lowest BCUT2D eigenvalue weighted by Crippen LogP contribution is -2.23. The molecule has 0 atom stereocenters. The number of hydrogen-bond donors (Lipinski definition) is 1. The Labute approximate surface area is 117 Å². The molecule has 102 valence electrons. The second-order valence-corrected chi connectivity index (χ2v) is 4.71. The average molecular weight is 269 g/mol. The van der Waals surface area contributed by atoms with Crippen LogP contribution in [0.4, 0.5) is 0 Å². The molecule has 0 spiro atoms. The quantitative estimate of drug-likeness (QED) is 0.931. The molecule has 1 aliphatic rings. The molecule has 1 amide bonds. The van der Waals surface area contributed by atoms with E-state index in [-0.39, 0.29) is 12.7 Å². The standard InChI is InChI=1S/C16H15NO3/c1-11-4-2-5-12(8-11)9-17-16(18)13-6-3-7-14-15(13)20-10-19-14/h2-8H,9-10H2,1H3,(H,17,18). The van der Waals surface area contributed by atoms with E-state index in [9.17, 15) is 4.79 Å². The van der Waals surface area contributed by atoms with Crippen molar-refractivity contribution in [3.05, 3.63) is 59.2 Å². The highest BCUT2D eigenvalue weighted by atomic mass is 16.7. The number of rotatable bonds is 3. The van der Waals surface area contributed by atoms with Crippen LogP contribution in [0.25, 0.3) is 0 Å². The summed E-state index contributed by atoms with van der Waals surface area (Å²) in [5.41, 5.74) is 2.75. The number of ether oxygens (including phenoxy) is 2. The summed E-state index contributed by atoms with van der Waals surface area (Å²) in [6.07, 6.45) is 0. The molecule has 0 saturated heterocycles. The molecule has 0 fully saturated rings. The van der Waals surface area contributed by atoms with Gasteiger partial charge in [0.25, 0.3) is 5.91 Å². The summed E-state index contributed by atoms with van der Waals surface area (Å²) in [4.78, 5) is 12.2. The van der Waals surface area contributed by atoms with E-state index in [2.05, 4.69) is 11.4 Å².